The van der Waals surface area contributed by atoms with Gasteiger partial charge in [-0.2, -0.15) is 0 Å². The summed E-state index contributed by atoms with van der Waals surface area (Å²) in [5, 5.41) is 20.4. The number of carboxylic acids is 1. The lowest BCUT2D eigenvalue weighted by molar-refractivity contribution is -0.139. The molecular weight excluding hydrogens is 340 g/mol. The summed E-state index contributed by atoms with van der Waals surface area (Å²) < 4.78 is 7.67. The van der Waals surface area contributed by atoms with Crippen molar-refractivity contribution in [1.82, 2.24) is 20.2 Å². The van der Waals surface area contributed by atoms with Crippen LogP contribution in [0.4, 0.5) is 0 Å². The number of aryl methyl sites for hydroxylation is 1. The molecule has 21 heavy (non-hydrogen) atoms. The van der Waals surface area contributed by atoms with Crippen molar-refractivity contribution in [3.8, 4) is 11.4 Å². The van der Waals surface area contributed by atoms with Gasteiger partial charge in [-0.25, -0.2) is 4.68 Å². The second-order valence-corrected chi connectivity index (χ2v) is 5.46. The highest BCUT2D eigenvalue weighted by atomic mass is 79.9. The molecule has 0 aliphatic rings. The molecule has 0 spiro atoms. The predicted molar refractivity (Wildman–Crippen MR) is 78.7 cm³/mol. The van der Waals surface area contributed by atoms with Crippen LogP contribution in [0.1, 0.15) is 12.0 Å². The molecule has 1 aromatic carbocycles. The topological polar surface area (TPSA) is 90.1 Å². The maximum atomic E-state index is 10.8. The molecule has 0 saturated carbocycles. The average molecular weight is 355 g/mol. The minimum absolute atomic E-state index is 0.104. The van der Waals surface area contributed by atoms with Crippen LogP contribution < -0.4 is 0 Å². The van der Waals surface area contributed by atoms with Crippen LogP contribution in [-0.2, 0) is 16.1 Å². The van der Waals surface area contributed by atoms with Crippen molar-refractivity contribution in [1.29, 1.82) is 0 Å². The van der Waals surface area contributed by atoms with E-state index in [0.717, 1.165) is 15.6 Å². The largest absolute Gasteiger partial charge is 0.481 e. The van der Waals surface area contributed by atoms with Crippen molar-refractivity contribution in [3.05, 3.63) is 28.2 Å². The van der Waals surface area contributed by atoms with Crippen molar-refractivity contribution < 1.29 is 14.6 Å². The first kappa shape index (κ1) is 15.6. The van der Waals surface area contributed by atoms with E-state index in [1.807, 2.05) is 25.1 Å². The number of halogens is 1. The lowest BCUT2D eigenvalue weighted by Crippen LogP contribution is -2.23. The second-order valence-electron chi connectivity index (χ2n) is 4.60. The number of nitrogens with zero attached hydrogens (tertiary/aromatic N) is 4. The Kier molecular flexibility index (Phi) is 5.03. The maximum absolute atomic E-state index is 10.8. The van der Waals surface area contributed by atoms with Crippen LogP contribution in [0.15, 0.2) is 22.7 Å². The molecule has 0 aliphatic carbocycles. The number of rotatable bonds is 6. The minimum atomic E-state index is -0.922. The zero-order valence-corrected chi connectivity index (χ0v) is 13.2. The Morgan fingerprint density at radius 1 is 1.52 bits per heavy atom. The fourth-order valence-corrected chi connectivity index (χ4v) is 2.26. The first-order chi connectivity index (χ1) is 10.0. The van der Waals surface area contributed by atoms with Crippen LogP contribution in [0.25, 0.3) is 11.4 Å². The fraction of sp³-hybridized carbons (Fsp3) is 0.385. The van der Waals surface area contributed by atoms with Crippen molar-refractivity contribution in [2.45, 2.75) is 26.0 Å². The van der Waals surface area contributed by atoms with Crippen LogP contribution in [0, 0.1) is 6.92 Å². The van der Waals surface area contributed by atoms with Crippen molar-refractivity contribution in [3.63, 3.8) is 0 Å². The summed E-state index contributed by atoms with van der Waals surface area (Å²) in [5.41, 5.74) is 1.96. The Bertz CT molecular complexity index is 644. The molecule has 0 radical (unpaired) electrons. The molecule has 7 nitrogen and oxygen atoms in total. The molecule has 0 bridgehead atoms. The smallest absolute Gasteiger partial charge is 0.306 e. The molecule has 1 aromatic heterocycles. The van der Waals surface area contributed by atoms with Gasteiger partial charge in [0.05, 0.1) is 19.1 Å². The summed E-state index contributed by atoms with van der Waals surface area (Å²) >= 11 is 3.47. The molecule has 1 N–H and O–H groups in total. The summed E-state index contributed by atoms with van der Waals surface area (Å²) in [6, 6.07) is 5.81. The molecule has 8 heteroatoms. The summed E-state index contributed by atoms with van der Waals surface area (Å²) in [4.78, 5) is 10.8. The van der Waals surface area contributed by atoms with E-state index in [2.05, 4.69) is 31.5 Å². The van der Waals surface area contributed by atoms with Crippen LogP contribution in [-0.4, -0.2) is 44.5 Å². The highest BCUT2D eigenvalue weighted by Crippen LogP contribution is 2.24. The average Bonchev–Trinajstić information content (AvgIpc) is 2.88. The van der Waals surface area contributed by atoms with Gasteiger partial charge in [-0.1, -0.05) is 28.1 Å². The number of hydrogen-bond acceptors (Lipinski definition) is 5. The van der Waals surface area contributed by atoms with E-state index in [1.165, 1.54) is 7.11 Å². The Morgan fingerprint density at radius 3 is 2.90 bits per heavy atom. The van der Waals surface area contributed by atoms with Gasteiger partial charge in [-0.3, -0.25) is 4.79 Å². The van der Waals surface area contributed by atoms with Gasteiger partial charge in [0.1, 0.15) is 0 Å². The first-order valence-electron chi connectivity index (χ1n) is 6.28. The molecule has 0 saturated heterocycles. The van der Waals surface area contributed by atoms with Gasteiger partial charge in [-0.05, 0) is 29.0 Å². The van der Waals surface area contributed by atoms with E-state index < -0.39 is 12.1 Å². The van der Waals surface area contributed by atoms with E-state index in [9.17, 15) is 4.79 Å². The van der Waals surface area contributed by atoms with Crippen LogP contribution in [0.3, 0.4) is 0 Å². The predicted octanol–water partition coefficient (Wildman–Crippen LogP) is 1.90. The highest BCUT2D eigenvalue weighted by molar-refractivity contribution is 9.10. The Balaban J connectivity index is 2.25. The third-order valence-corrected chi connectivity index (χ3v) is 3.93. The van der Waals surface area contributed by atoms with Gasteiger partial charge < -0.3 is 9.84 Å². The van der Waals surface area contributed by atoms with E-state index in [4.69, 9.17) is 9.84 Å². The van der Waals surface area contributed by atoms with Gasteiger partial charge in [0, 0.05) is 17.1 Å². The molecule has 1 atom stereocenters. The van der Waals surface area contributed by atoms with Gasteiger partial charge in [-0.15, -0.1) is 5.10 Å². The Morgan fingerprint density at radius 2 is 2.29 bits per heavy atom. The number of ether oxygens (including phenoxy) is 1. The number of benzene rings is 1. The summed E-state index contributed by atoms with van der Waals surface area (Å²) in [6.45, 7) is 2.27. The highest BCUT2D eigenvalue weighted by Gasteiger charge is 2.17. The quantitative estimate of drug-likeness (QED) is 0.851. The summed E-state index contributed by atoms with van der Waals surface area (Å²) in [7, 11) is 1.47. The molecule has 1 heterocycles. The lowest BCUT2D eigenvalue weighted by atomic mass is 10.1. The number of tetrazole rings is 1. The molecule has 1 unspecified atom stereocenters. The van der Waals surface area contributed by atoms with Crippen molar-refractivity contribution in [2.75, 3.05) is 7.11 Å². The summed E-state index contributed by atoms with van der Waals surface area (Å²) in [5.74, 6) is -0.349. The van der Waals surface area contributed by atoms with Crippen LogP contribution in [0.5, 0.6) is 0 Å². The standard InChI is InChI=1S/C13H15BrN4O3/c1-8-3-4-9(5-11(8)14)13-15-16-17-18(13)7-10(21-2)6-12(19)20/h3-5,10H,6-7H2,1-2H3,(H,19,20). The van der Waals surface area contributed by atoms with E-state index in [1.54, 1.807) is 4.68 Å². The summed E-state index contributed by atoms with van der Waals surface area (Å²) in [6.07, 6.45) is -0.591. The van der Waals surface area contributed by atoms with Gasteiger partial charge in [0.25, 0.3) is 0 Å². The Labute approximate surface area is 130 Å². The number of carboxylic acid groups (broad SMARTS) is 1. The zero-order chi connectivity index (χ0) is 15.4. The zero-order valence-electron chi connectivity index (χ0n) is 11.7. The third kappa shape index (κ3) is 3.85. The monoisotopic (exact) mass is 354 g/mol. The fourth-order valence-electron chi connectivity index (χ4n) is 1.88. The normalized spacial score (nSPS) is 12.3. The van der Waals surface area contributed by atoms with E-state index >= 15 is 0 Å². The molecule has 0 fully saturated rings. The first-order valence-corrected chi connectivity index (χ1v) is 7.08. The van der Waals surface area contributed by atoms with Gasteiger partial charge in [0.2, 0.25) is 0 Å². The number of aliphatic carboxylic acids is 1. The van der Waals surface area contributed by atoms with Gasteiger partial charge >= 0.3 is 5.97 Å². The molecule has 0 amide bonds. The van der Waals surface area contributed by atoms with Crippen LogP contribution in [0.2, 0.25) is 0 Å². The third-order valence-electron chi connectivity index (χ3n) is 3.07. The number of carbonyl (C=O) groups is 1. The lowest BCUT2D eigenvalue weighted by Gasteiger charge is -2.13. The molecule has 2 rings (SSSR count). The second kappa shape index (κ2) is 6.77. The van der Waals surface area contributed by atoms with Crippen molar-refractivity contribution in [2.24, 2.45) is 0 Å². The SMILES string of the molecule is COC(CC(=O)O)Cn1nnnc1-c1ccc(C)c(Br)c1. The van der Waals surface area contributed by atoms with E-state index in [-0.39, 0.29) is 13.0 Å². The molecule has 2 aromatic rings. The molecular formula is C13H15BrN4O3. The number of hydrogen-bond donors (Lipinski definition) is 1. The van der Waals surface area contributed by atoms with E-state index in [0.29, 0.717) is 5.82 Å². The maximum Gasteiger partial charge on any atom is 0.306 e. The Hall–Kier alpha value is -1.80. The van der Waals surface area contributed by atoms with Crippen LogP contribution >= 0.6 is 15.9 Å². The van der Waals surface area contributed by atoms with Crippen molar-refractivity contribution >= 4 is 21.9 Å². The minimum Gasteiger partial charge on any atom is -0.481 e. The molecule has 112 valence electrons. The molecule has 0 aliphatic heterocycles. The number of aromatic nitrogens is 4. The number of methoxy groups -OCH3 is 1. The van der Waals surface area contributed by atoms with Gasteiger partial charge in [0.15, 0.2) is 5.82 Å².